The number of amides is 2. The van der Waals surface area contributed by atoms with Gasteiger partial charge in [-0.05, 0) is 31.7 Å². The summed E-state index contributed by atoms with van der Waals surface area (Å²) in [6, 6.07) is 7.22. The minimum Gasteiger partial charge on any atom is -0.351 e. The van der Waals surface area contributed by atoms with Crippen molar-refractivity contribution in [2.45, 2.75) is 12.8 Å². The third kappa shape index (κ3) is 3.32. The maximum absolute atomic E-state index is 11.9. The number of nitrogens with zero attached hydrogens (tertiary/aromatic N) is 1. The first-order chi connectivity index (χ1) is 9.22. The van der Waals surface area contributed by atoms with Crippen LogP contribution in [-0.4, -0.2) is 38.5 Å². The van der Waals surface area contributed by atoms with Crippen molar-refractivity contribution in [2.24, 2.45) is 0 Å². The second kappa shape index (κ2) is 6.33. The summed E-state index contributed by atoms with van der Waals surface area (Å²) in [6.07, 6.45) is 1.48. The Bertz CT molecular complexity index is 474. The number of anilines is 1. The van der Waals surface area contributed by atoms with E-state index in [2.05, 4.69) is 10.6 Å². The highest BCUT2D eigenvalue weighted by atomic mass is 16.2. The van der Waals surface area contributed by atoms with Gasteiger partial charge in [0.15, 0.2) is 0 Å². The van der Waals surface area contributed by atoms with Gasteiger partial charge in [-0.3, -0.25) is 9.59 Å². The lowest BCUT2D eigenvalue weighted by molar-refractivity contribution is -0.117. The van der Waals surface area contributed by atoms with E-state index in [1.807, 2.05) is 19.2 Å². The molecular formula is C14H19N3O2. The Morgan fingerprint density at radius 3 is 2.89 bits per heavy atom. The molecule has 1 heterocycles. The molecule has 2 rings (SSSR count). The Balaban J connectivity index is 2.06. The first kappa shape index (κ1) is 13.5. The number of carbonyl (C=O) groups is 2. The van der Waals surface area contributed by atoms with Gasteiger partial charge in [0, 0.05) is 37.3 Å². The van der Waals surface area contributed by atoms with E-state index in [1.165, 1.54) is 0 Å². The van der Waals surface area contributed by atoms with Crippen molar-refractivity contribution in [3.63, 3.8) is 0 Å². The van der Waals surface area contributed by atoms with Crippen LogP contribution in [0.3, 0.4) is 0 Å². The van der Waals surface area contributed by atoms with Gasteiger partial charge in [-0.2, -0.15) is 0 Å². The van der Waals surface area contributed by atoms with Gasteiger partial charge in [0.25, 0.3) is 5.91 Å². The highest BCUT2D eigenvalue weighted by Gasteiger charge is 2.22. The predicted molar refractivity (Wildman–Crippen MR) is 74.3 cm³/mol. The zero-order valence-corrected chi connectivity index (χ0v) is 11.1. The largest absolute Gasteiger partial charge is 0.351 e. The third-order valence-electron chi connectivity index (χ3n) is 3.15. The van der Waals surface area contributed by atoms with Crippen LogP contribution < -0.4 is 15.5 Å². The predicted octanol–water partition coefficient (Wildman–Crippen LogP) is 0.763. The van der Waals surface area contributed by atoms with Crippen LogP contribution in [0.15, 0.2) is 24.3 Å². The molecule has 0 atom stereocenters. The van der Waals surface area contributed by atoms with E-state index in [0.29, 0.717) is 18.5 Å². The minimum atomic E-state index is -0.108. The molecule has 2 amide bonds. The maximum atomic E-state index is 11.9. The van der Waals surface area contributed by atoms with Gasteiger partial charge in [0.1, 0.15) is 0 Å². The Morgan fingerprint density at radius 1 is 1.37 bits per heavy atom. The van der Waals surface area contributed by atoms with Crippen LogP contribution in [0.4, 0.5) is 5.69 Å². The summed E-state index contributed by atoms with van der Waals surface area (Å²) < 4.78 is 0. The molecule has 102 valence electrons. The fourth-order valence-electron chi connectivity index (χ4n) is 2.14. The molecule has 1 aliphatic rings. The Kier molecular flexibility index (Phi) is 4.52. The van der Waals surface area contributed by atoms with Gasteiger partial charge in [-0.15, -0.1) is 0 Å². The molecule has 1 fully saturated rings. The Morgan fingerprint density at radius 2 is 2.21 bits per heavy atom. The second-order valence-electron chi connectivity index (χ2n) is 4.56. The zero-order valence-electron chi connectivity index (χ0n) is 11.1. The van der Waals surface area contributed by atoms with Gasteiger partial charge in [-0.1, -0.05) is 6.07 Å². The van der Waals surface area contributed by atoms with Crippen molar-refractivity contribution < 1.29 is 9.59 Å². The molecule has 1 saturated heterocycles. The van der Waals surface area contributed by atoms with Crippen molar-refractivity contribution in [1.82, 2.24) is 10.6 Å². The van der Waals surface area contributed by atoms with Gasteiger partial charge < -0.3 is 15.5 Å². The summed E-state index contributed by atoms with van der Waals surface area (Å²) in [5, 5.41) is 5.79. The van der Waals surface area contributed by atoms with Crippen LogP contribution in [0.2, 0.25) is 0 Å². The molecule has 0 radical (unpaired) electrons. The summed E-state index contributed by atoms with van der Waals surface area (Å²) in [5.74, 6) is 0.0245. The normalized spacial score (nSPS) is 14.8. The first-order valence-electron chi connectivity index (χ1n) is 6.55. The lowest BCUT2D eigenvalue weighted by Gasteiger charge is -2.16. The third-order valence-corrected chi connectivity index (χ3v) is 3.15. The number of rotatable bonds is 5. The van der Waals surface area contributed by atoms with Gasteiger partial charge in [0.05, 0.1) is 0 Å². The van der Waals surface area contributed by atoms with Crippen LogP contribution >= 0.6 is 0 Å². The number of nitrogens with one attached hydrogen (secondary N) is 2. The lowest BCUT2D eigenvalue weighted by atomic mass is 10.1. The second-order valence-corrected chi connectivity index (χ2v) is 4.56. The van der Waals surface area contributed by atoms with E-state index in [9.17, 15) is 9.59 Å². The summed E-state index contributed by atoms with van der Waals surface area (Å²) in [7, 11) is 1.84. The molecule has 5 nitrogen and oxygen atoms in total. The molecular weight excluding hydrogens is 242 g/mol. The van der Waals surface area contributed by atoms with Gasteiger partial charge in [-0.25, -0.2) is 0 Å². The van der Waals surface area contributed by atoms with Gasteiger partial charge >= 0.3 is 0 Å². The zero-order chi connectivity index (χ0) is 13.7. The van der Waals surface area contributed by atoms with Crippen LogP contribution in [-0.2, 0) is 4.79 Å². The molecule has 1 aromatic rings. The number of hydrogen-bond acceptors (Lipinski definition) is 3. The first-order valence-corrected chi connectivity index (χ1v) is 6.55. The molecule has 1 aromatic carbocycles. The van der Waals surface area contributed by atoms with Crippen LogP contribution in [0, 0.1) is 0 Å². The van der Waals surface area contributed by atoms with E-state index < -0.39 is 0 Å². The summed E-state index contributed by atoms with van der Waals surface area (Å²) in [4.78, 5) is 25.4. The van der Waals surface area contributed by atoms with Crippen molar-refractivity contribution in [3.05, 3.63) is 29.8 Å². The molecule has 19 heavy (non-hydrogen) atoms. The van der Waals surface area contributed by atoms with Crippen molar-refractivity contribution in [3.8, 4) is 0 Å². The van der Waals surface area contributed by atoms with E-state index in [1.54, 1.807) is 17.0 Å². The number of hydrogen-bond donors (Lipinski definition) is 2. The molecule has 5 heteroatoms. The van der Waals surface area contributed by atoms with Gasteiger partial charge in [0.2, 0.25) is 5.91 Å². The van der Waals surface area contributed by atoms with E-state index in [4.69, 9.17) is 0 Å². The molecule has 0 saturated carbocycles. The average Bonchev–Trinajstić information content (AvgIpc) is 2.85. The van der Waals surface area contributed by atoms with Crippen LogP contribution in [0.5, 0.6) is 0 Å². The molecule has 0 spiro atoms. The summed E-state index contributed by atoms with van der Waals surface area (Å²) in [6.45, 7) is 2.06. The van der Waals surface area contributed by atoms with E-state index in [-0.39, 0.29) is 11.8 Å². The Hall–Kier alpha value is -1.88. The number of carbonyl (C=O) groups excluding carboxylic acids is 2. The fourth-order valence-corrected chi connectivity index (χ4v) is 2.14. The molecule has 0 bridgehead atoms. The number of benzene rings is 1. The van der Waals surface area contributed by atoms with Crippen LogP contribution in [0.1, 0.15) is 23.2 Å². The van der Waals surface area contributed by atoms with Crippen molar-refractivity contribution >= 4 is 17.5 Å². The fraction of sp³-hybridized carbons (Fsp3) is 0.429. The van der Waals surface area contributed by atoms with E-state index >= 15 is 0 Å². The quantitative estimate of drug-likeness (QED) is 0.769. The van der Waals surface area contributed by atoms with Crippen LogP contribution in [0.25, 0.3) is 0 Å². The average molecular weight is 261 g/mol. The highest BCUT2D eigenvalue weighted by molar-refractivity contribution is 5.99. The molecule has 0 aliphatic carbocycles. The molecule has 1 aliphatic heterocycles. The SMILES string of the molecule is CNCCNC(=O)c1cccc(N2CCCC2=O)c1. The standard InChI is InChI=1S/C14H19N3O2/c1-15-7-8-16-14(19)11-4-2-5-12(10-11)17-9-3-6-13(17)18/h2,4-5,10,15H,3,6-9H2,1H3,(H,16,19). The summed E-state index contributed by atoms with van der Waals surface area (Å²) >= 11 is 0. The molecule has 2 N–H and O–H groups in total. The van der Waals surface area contributed by atoms with Crippen molar-refractivity contribution in [1.29, 1.82) is 0 Å². The molecule has 0 unspecified atom stereocenters. The maximum Gasteiger partial charge on any atom is 0.251 e. The highest BCUT2D eigenvalue weighted by Crippen LogP contribution is 2.22. The topological polar surface area (TPSA) is 61.4 Å². The Labute approximate surface area is 113 Å². The van der Waals surface area contributed by atoms with E-state index in [0.717, 1.165) is 25.2 Å². The smallest absolute Gasteiger partial charge is 0.251 e. The van der Waals surface area contributed by atoms with Crippen molar-refractivity contribution in [2.75, 3.05) is 31.6 Å². The monoisotopic (exact) mass is 261 g/mol. The molecule has 0 aromatic heterocycles. The summed E-state index contributed by atoms with van der Waals surface area (Å²) in [5.41, 5.74) is 1.40. The lowest BCUT2D eigenvalue weighted by Crippen LogP contribution is -2.30. The number of likely N-dealkylation sites (N-methyl/N-ethyl adjacent to an activating group) is 1. The minimum absolute atomic E-state index is 0.108.